The van der Waals surface area contributed by atoms with Gasteiger partial charge in [0, 0.05) is 0 Å². The Morgan fingerprint density at radius 1 is 1.00 bits per heavy atom. The highest BCUT2D eigenvalue weighted by Gasteiger charge is 2.17. The zero-order valence-corrected chi connectivity index (χ0v) is 17.2. The van der Waals surface area contributed by atoms with Crippen molar-refractivity contribution in [1.82, 2.24) is 19.5 Å². The maximum absolute atomic E-state index is 10.7. The SMILES string of the molecule is C[C@H](Cn1cnc2c(N)ncnc21)OCP(=O)(O)O.O=P(O)(O)O.O=P(O)(O)O. The lowest BCUT2D eigenvalue weighted by Gasteiger charge is -2.14. The number of imidazole rings is 1. The Morgan fingerprint density at radius 3 is 1.93 bits per heavy atom. The molecule has 20 heteroatoms. The molecule has 0 amide bonds. The Morgan fingerprint density at radius 2 is 1.48 bits per heavy atom. The topological polar surface area (TPSA) is 292 Å². The highest BCUT2D eigenvalue weighted by atomic mass is 31.2. The first-order chi connectivity index (χ1) is 12.9. The van der Waals surface area contributed by atoms with Crippen LogP contribution in [0.2, 0.25) is 0 Å². The Bertz CT molecular complexity index is 882. The number of hydrogen-bond donors (Lipinski definition) is 9. The van der Waals surface area contributed by atoms with Crippen LogP contribution in [0.3, 0.4) is 0 Å². The molecule has 0 unspecified atom stereocenters. The van der Waals surface area contributed by atoms with Crippen LogP contribution in [0.15, 0.2) is 12.7 Å². The van der Waals surface area contributed by atoms with Crippen molar-refractivity contribution in [2.45, 2.75) is 19.6 Å². The Balaban J connectivity index is 0.000000653. The zero-order chi connectivity index (χ0) is 23.0. The number of fused-ring (bicyclic) bond motifs is 1. The Kier molecular flexibility index (Phi) is 10.7. The van der Waals surface area contributed by atoms with E-state index in [-0.39, 0.29) is 5.82 Å². The van der Waals surface area contributed by atoms with Gasteiger partial charge in [-0.05, 0) is 6.92 Å². The molecule has 2 rings (SSSR count). The van der Waals surface area contributed by atoms with Gasteiger partial charge in [-0.3, -0.25) is 4.57 Å². The number of aromatic nitrogens is 4. The summed E-state index contributed by atoms with van der Waals surface area (Å²) in [5.74, 6) is 0.285. The monoisotopic (exact) mass is 483 g/mol. The molecular formula is C9H20N5O12P3. The first kappa shape index (κ1) is 27.7. The van der Waals surface area contributed by atoms with Crippen molar-refractivity contribution in [3.8, 4) is 0 Å². The van der Waals surface area contributed by atoms with Crippen molar-refractivity contribution in [3.63, 3.8) is 0 Å². The van der Waals surface area contributed by atoms with Crippen LogP contribution in [0.4, 0.5) is 5.82 Å². The van der Waals surface area contributed by atoms with E-state index in [1.165, 1.54) is 12.7 Å². The van der Waals surface area contributed by atoms with Gasteiger partial charge < -0.3 is 54.2 Å². The summed E-state index contributed by atoms with van der Waals surface area (Å²) in [5, 5.41) is 0. The average Bonchev–Trinajstić information content (AvgIpc) is 2.86. The molecule has 0 fully saturated rings. The number of phosphoric acid groups is 2. The van der Waals surface area contributed by atoms with Gasteiger partial charge in [-0.1, -0.05) is 0 Å². The second-order valence-electron chi connectivity index (χ2n) is 5.13. The van der Waals surface area contributed by atoms with Gasteiger partial charge in [-0.25, -0.2) is 24.1 Å². The van der Waals surface area contributed by atoms with Gasteiger partial charge in [0.1, 0.15) is 18.2 Å². The normalized spacial score (nSPS) is 13.1. The fourth-order valence-corrected chi connectivity index (χ4v) is 2.04. The molecule has 2 heterocycles. The summed E-state index contributed by atoms with van der Waals surface area (Å²) in [4.78, 5) is 72.6. The lowest BCUT2D eigenvalue weighted by molar-refractivity contribution is 0.0764. The van der Waals surface area contributed by atoms with E-state index in [1.807, 2.05) is 0 Å². The highest BCUT2D eigenvalue weighted by molar-refractivity contribution is 7.51. The molecule has 0 aliphatic heterocycles. The van der Waals surface area contributed by atoms with E-state index in [9.17, 15) is 4.57 Å². The van der Waals surface area contributed by atoms with Gasteiger partial charge in [0.15, 0.2) is 11.5 Å². The quantitative estimate of drug-likeness (QED) is 0.210. The molecule has 0 saturated heterocycles. The van der Waals surface area contributed by atoms with Crippen LogP contribution in [0.25, 0.3) is 11.2 Å². The smallest absolute Gasteiger partial charge is 0.382 e. The van der Waals surface area contributed by atoms with E-state index >= 15 is 0 Å². The highest BCUT2D eigenvalue weighted by Crippen LogP contribution is 2.34. The summed E-state index contributed by atoms with van der Waals surface area (Å²) in [6.07, 6.45) is 1.85. The summed E-state index contributed by atoms with van der Waals surface area (Å²) in [7, 11) is -13.4. The molecule has 2 aromatic heterocycles. The minimum absolute atomic E-state index is 0.285. The number of anilines is 1. The molecule has 0 aliphatic carbocycles. The van der Waals surface area contributed by atoms with Gasteiger partial charge in [0.05, 0.1) is 19.0 Å². The molecule has 0 aromatic carbocycles. The maximum atomic E-state index is 10.7. The van der Waals surface area contributed by atoms with Crippen LogP contribution >= 0.6 is 23.2 Å². The number of nitrogens with two attached hydrogens (primary N) is 1. The van der Waals surface area contributed by atoms with Crippen molar-refractivity contribution >= 4 is 40.2 Å². The number of nitrogen functional groups attached to an aromatic ring is 1. The van der Waals surface area contributed by atoms with E-state index in [0.717, 1.165) is 0 Å². The van der Waals surface area contributed by atoms with Crippen molar-refractivity contribution < 1.29 is 57.6 Å². The predicted molar refractivity (Wildman–Crippen MR) is 95.7 cm³/mol. The van der Waals surface area contributed by atoms with Gasteiger partial charge in [-0.2, -0.15) is 0 Å². The largest absolute Gasteiger partial charge is 0.466 e. The molecule has 0 saturated carbocycles. The Labute approximate surface area is 162 Å². The first-order valence-corrected chi connectivity index (χ1v) is 11.9. The number of nitrogens with zero attached hydrogens (tertiary/aromatic N) is 4. The molecule has 29 heavy (non-hydrogen) atoms. The predicted octanol–water partition coefficient (Wildman–Crippen LogP) is -1.91. The van der Waals surface area contributed by atoms with Crippen LogP contribution in [-0.2, 0) is 25.0 Å². The van der Waals surface area contributed by atoms with E-state index in [2.05, 4.69) is 15.0 Å². The van der Waals surface area contributed by atoms with Gasteiger partial charge in [0.25, 0.3) is 0 Å². The third-order valence-electron chi connectivity index (χ3n) is 2.41. The van der Waals surface area contributed by atoms with Crippen molar-refractivity contribution in [3.05, 3.63) is 12.7 Å². The average molecular weight is 483 g/mol. The lowest BCUT2D eigenvalue weighted by Crippen LogP contribution is -2.17. The van der Waals surface area contributed by atoms with Crippen LogP contribution in [0, 0.1) is 0 Å². The van der Waals surface area contributed by atoms with Gasteiger partial charge in [-0.15, -0.1) is 0 Å². The third-order valence-corrected chi connectivity index (χ3v) is 2.90. The zero-order valence-electron chi connectivity index (χ0n) is 14.6. The van der Waals surface area contributed by atoms with Crippen molar-refractivity contribution in [2.75, 3.05) is 12.1 Å². The summed E-state index contributed by atoms with van der Waals surface area (Å²) < 4.78 is 35.2. The fourth-order valence-electron chi connectivity index (χ4n) is 1.59. The summed E-state index contributed by atoms with van der Waals surface area (Å²) in [5.41, 5.74) is 6.70. The molecule has 0 radical (unpaired) electrons. The van der Waals surface area contributed by atoms with Crippen LogP contribution in [-0.4, -0.2) is 71.1 Å². The van der Waals surface area contributed by atoms with Crippen molar-refractivity contribution in [2.24, 2.45) is 0 Å². The van der Waals surface area contributed by atoms with E-state index in [0.29, 0.717) is 17.7 Å². The molecule has 0 bridgehead atoms. The summed E-state index contributed by atoms with van der Waals surface area (Å²) in [6, 6.07) is 0. The van der Waals surface area contributed by atoms with Crippen LogP contribution < -0.4 is 5.73 Å². The van der Waals surface area contributed by atoms with Crippen molar-refractivity contribution in [1.29, 1.82) is 0 Å². The van der Waals surface area contributed by atoms with Gasteiger partial charge in [0.2, 0.25) is 0 Å². The molecule has 10 N–H and O–H groups in total. The molecule has 0 spiro atoms. The van der Waals surface area contributed by atoms with E-state index < -0.39 is 35.7 Å². The standard InChI is InChI=1S/C9H14N5O4P.2H3O4P/c1-6(18-5-19(15,16)17)2-14-4-13-7-8(10)11-3-12-9(7)14;2*1-5(2,3)4/h3-4,6H,2,5H2,1H3,(H2,10,11,12)(H2,15,16,17);2*(H3,1,2,3,4)/t6-;;/m1../s1. The van der Waals surface area contributed by atoms with E-state index in [1.54, 1.807) is 11.5 Å². The summed E-state index contributed by atoms with van der Waals surface area (Å²) in [6.45, 7) is 2.05. The molecule has 0 aliphatic rings. The second kappa shape index (κ2) is 11.2. The maximum Gasteiger partial charge on any atom is 0.466 e. The molecule has 17 nitrogen and oxygen atoms in total. The minimum atomic E-state index is -4.64. The van der Waals surface area contributed by atoms with Gasteiger partial charge >= 0.3 is 23.2 Å². The fraction of sp³-hybridized carbons (Fsp3) is 0.444. The van der Waals surface area contributed by atoms with E-state index in [4.69, 9.17) is 58.7 Å². The summed E-state index contributed by atoms with van der Waals surface area (Å²) >= 11 is 0. The third kappa shape index (κ3) is 16.2. The molecular weight excluding hydrogens is 463 g/mol. The number of hydrogen-bond acceptors (Lipinski definition) is 8. The van der Waals surface area contributed by atoms with Crippen LogP contribution in [0.5, 0.6) is 0 Å². The molecule has 168 valence electrons. The van der Waals surface area contributed by atoms with Crippen LogP contribution in [0.1, 0.15) is 6.92 Å². The number of rotatable bonds is 5. The molecule has 1 atom stereocenters. The molecule has 2 aromatic rings. The lowest BCUT2D eigenvalue weighted by atomic mass is 10.4. The first-order valence-electron chi connectivity index (χ1n) is 7.01. The Hall–Kier alpha value is -1.32. The second-order valence-corrected chi connectivity index (χ2v) is 8.77. The number of ether oxygens (including phenoxy) is 1. The minimum Gasteiger partial charge on any atom is -0.382 e.